The number of nitrogens with two attached hydrogens (primary N) is 1. The summed E-state index contributed by atoms with van der Waals surface area (Å²) in [4.78, 5) is 46.0. The third-order valence-corrected chi connectivity index (χ3v) is 10.6. The molecule has 3 atom stereocenters. The van der Waals surface area contributed by atoms with Gasteiger partial charge in [0.05, 0.1) is 13.2 Å². The topological polar surface area (TPSA) is 172 Å². The summed E-state index contributed by atoms with van der Waals surface area (Å²) in [7, 11) is -4.74. The van der Waals surface area contributed by atoms with Gasteiger partial charge in [-0.2, -0.15) is 0 Å². The van der Waals surface area contributed by atoms with Crippen LogP contribution in [-0.2, 0) is 37.5 Å². The van der Waals surface area contributed by atoms with Crippen molar-refractivity contribution in [3.05, 3.63) is 85.1 Å². The lowest BCUT2D eigenvalue weighted by Gasteiger charge is -2.20. The van der Waals surface area contributed by atoms with Crippen molar-refractivity contribution >= 4 is 25.7 Å². The summed E-state index contributed by atoms with van der Waals surface area (Å²) in [6.07, 6.45) is 55.1. The lowest BCUT2D eigenvalue weighted by molar-refractivity contribution is -0.161. The summed E-state index contributed by atoms with van der Waals surface area (Å²) in [5.41, 5.74) is 5.34. The van der Waals surface area contributed by atoms with Gasteiger partial charge in [-0.3, -0.25) is 23.4 Å². The maximum atomic E-state index is 12.6. The number of hydrogen-bond acceptors (Lipinski definition) is 9. The van der Waals surface area contributed by atoms with E-state index in [1.165, 1.54) is 64.2 Å². The SMILES string of the molecule is CCCCC/C=C/C/C=C/C/C=C/CCCCCCC(=O)OC[C@H](COP(=O)(O)OC[C@H](N)C(=O)O)OC(=O)CCC/C=C/C/C=C/C/C=C/C/C=C/CCCCCCCCC. The molecule has 0 aliphatic rings. The predicted molar refractivity (Wildman–Crippen MR) is 254 cm³/mol. The molecule has 0 aliphatic carbocycles. The van der Waals surface area contributed by atoms with Gasteiger partial charge in [0, 0.05) is 12.8 Å². The molecule has 0 rings (SSSR count). The van der Waals surface area contributed by atoms with Gasteiger partial charge in [0.2, 0.25) is 0 Å². The van der Waals surface area contributed by atoms with Crippen LogP contribution >= 0.6 is 7.82 Å². The Bertz CT molecular complexity index is 1370. The number of carbonyl (C=O) groups is 3. The Hall–Kier alpha value is -3.34. The lowest BCUT2D eigenvalue weighted by Crippen LogP contribution is -2.34. The van der Waals surface area contributed by atoms with Crippen LogP contribution in [0.1, 0.15) is 181 Å². The Morgan fingerprint density at radius 1 is 0.500 bits per heavy atom. The highest BCUT2D eigenvalue weighted by Gasteiger charge is 2.28. The smallest absolute Gasteiger partial charge is 0.472 e. The number of ether oxygens (including phenoxy) is 2. The standard InChI is InChI=1S/C50H84NO10P/c1-3-5-7-9-11-13-15-17-19-21-22-23-24-26-28-30-32-34-36-38-40-42-49(53)61-46(44-59-62(56,57)60-45-47(51)50(54)55)43-58-48(52)41-39-37-35-33-31-29-27-25-20-18-16-14-12-10-8-6-4-2/h12,14,18-21,23-24,27-30,34,36,46-47H,3-11,13,15-17,22,25-26,31-33,35,37-45,51H2,1-2H3,(H,54,55)(H,56,57)/b14-12+,20-18+,21-19+,24-23+,29-27+,30-28+,36-34+/t46-,47+/m1/s1. The quantitative estimate of drug-likeness (QED) is 0.0230. The van der Waals surface area contributed by atoms with E-state index < -0.39 is 51.1 Å². The average molecular weight is 890 g/mol. The van der Waals surface area contributed by atoms with E-state index in [4.69, 9.17) is 24.8 Å². The van der Waals surface area contributed by atoms with E-state index in [0.717, 1.165) is 70.6 Å². The summed E-state index contributed by atoms with van der Waals surface area (Å²) in [6, 6.07) is -1.54. The van der Waals surface area contributed by atoms with Crippen LogP contribution in [0.5, 0.6) is 0 Å². The maximum Gasteiger partial charge on any atom is 0.472 e. The first-order valence-electron chi connectivity index (χ1n) is 23.6. The molecular formula is C50H84NO10P. The first-order valence-corrected chi connectivity index (χ1v) is 25.1. The van der Waals surface area contributed by atoms with Gasteiger partial charge in [-0.05, 0) is 89.9 Å². The molecule has 0 aromatic carbocycles. The normalized spacial score (nSPS) is 14.4. The van der Waals surface area contributed by atoms with Crippen molar-refractivity contribution in [3.8, 4) is 0 Å². The molecule has 0 amide bonds. The molecule has 0 saturated carbocycles. The van der Waals surface area contributed by atoms with Crippen molar-refractivity contribution < 1.29 is 47.5 Å². The molecule has 0 aromatic rings. The van der Waals surface area contributed by atoms with Gasteiger partial charge in [-0.25, -0.2) is 4.57 Å². The molecule has 0 aliphatic heterocycles. The first-order chi connectivity index (χ1) is 30.1. The highest BCUT2D eigenvalue weighted by Crippen LogP contribution is 2.43. The molecule has 0 radical (unpaired) electrons. The highest BCUT2D eigenvalue weighted by molar-refractivity contribution is 7.47. The molecule has 0 bridgehead atoms. The van der Waals surface area contributed by atoms with E-state index in [2.05, 4.69) is 91.3 Å². The second-order valence-electron chi connectivity index (χ2n) is 15.5. The molecule has 0 fully saturated rings. The van der Waals surface area contributed by atoms with Crippen molar-refractivity contribution in [2.24, 2.45) is 5.73 Å². The number of phosphoric ester groups is 1. The summed E-state index contributed by atoms with van der Waals surface area (Å²) >= 11 is 0. The number of hydrogen-bond donors (Lipinski definition) is 3. The summed E-state index contributed by atoms with van der Waals surface area (Å²) in [5, 5.41) is 8.90. The van der Waals surface area contributed by atoms with Crippen LogP contribution in [-0.4, -0.2) is 59.9 Å². The zero-order valence-corrected chi connectivity index (χ0v) is 39.3. The molecule has 354 valence electrons. The van der Waals surface area contributed by atoms with E-state index >= 15 is 0 Å². The molecule has 0 saturated heterocycles. The number of carbonyl (C=O) groups excluding carboxylic acids is 2. The zero-order chi connectivity index (χ0) is 45.6. The monoisotopic (exact) mass is 890 g/mol. The lowest BCUT2D eigenvalue weighted by atomic mass is 10.1. The molecule has 0 heterocycles. The van der Waals surface area contributed by atoms with E-state index in [-0.39, 0.29) is 19.4 Å². The van der Waals surface area contributed by atoms with Gasteiger partial charge in [0.15, 0.2) is 6.10 Å². The molecular weight excluding hydrogens is 806 g/mol. The van der Waals surface area contributed by atoms with Crippen LogP contribution < -0.4 is 5.73 Å². The maximum absolute atomic E-state index is 12.6. The van der Waals surface area contributed by atoms with Crippen LogP contribution in [0.15, 0.2) is 85.1 Å². The number of allylic oxidation sites excluding steroid dienone is 14. The number of carboxylic acids is 1. The van der Waals surface area contributed by atoms with Gasteiger partial charge >= 0.3 is 25.7 Å². The van der Waals surface area contributed by atoms with Crippen LogP contribution in [0.25, 0.3) is 0 Å². The van der Waals surface area contributed by atoms with Gasteiger partial charge in [0.25, 0.3) is 0 Å². The van der Waals surface area contributed by atoms with Crippen molar-refractivity contribution in [2.45, 2.75) is 193 Å². The number of rotatable bonds is 43. The number of esters is 2. The minimum absolute atomic E-state index is 0.0758. The van der Waals surface area contributed by atoms with Gasteiger partial charge < -0.3 is 25.2 Å². The van der Waals surface area contributed by atoms with Crippen molar-refractivity contribution in [1.82, 2.24) is 0 Å². The molecule has 0 aromatic heterocycles. The minimum atomic E-state index is -4.74. The fraction of sp³-hybridized carbons (Fsp3) is 0.660. The third kappa shape index (κ3) is 43.3. The molecule has 0 spiro atoms. The van der Waals surface area contributed by atoms with Gasteiger partial charge in [-0.15, -0.1) is 0 Å². The van der Waals surface area contributed by atoms with Crippen molar-refractivity contribution in [1.29, 1.82) is 0 Å². The molecule has 4 N–H and O–H groups in total. The fourth-order valence-corrected chi connectivity index (χ4v) is 6.66. The molecule has 11 nitrogen and oxygen atoms in total. The number of carboxylic acid groups (broad SMARTS) is 1. The Morgan fingerprint density at radius 3 is 1.35 bits per heavy atom. The Morgan fingerprint density at radius 2 is 0.871 bits per heavy atom. The largest absolute Gasteiger partial charge is 0.480 e. The molecule has 1 unspecified atom stereocenters. The Labute approximate surface area is 375 Å². The molecule has 62 heavy (non-hydrogen) atoms. The summed E-state index contributed by atoms with van der Waals surface area (Å²) < 4.78 is 32.7. The van der Waals surface area contributed by atoms with E-state index in [1.54, 1.807) is 0 Å². The second kappa shape index (κ2) is 44.3. The minimum Gasteiger partial charge on any atom is -0.480 e. The number of aliphatic carboxylic acids is 1. The summed E-state index contributed by atoms with van der Waals surface area (Å²) in [5.74, 6) is -2.49. The van der Waals surface area contributed by atoms with Crippen LogP contribution in [0.2, 0.25) is 0 Å². The van der Waals surface area contributed by atoms with Gasteiger partial charge in [-0.1, -0.05) is 163 Å². The Kier molecular flexibility index (Phi) is 41.9. The fourth-order valence-electron chi connectivity index (χ4n) is 5.89. The van der Waals surface area contributed by atoms with Crippen molar-refractivity contribution in [2.75, 3.05) is 19.8 Å². The zero-order valence-electron chi connectivity index (χ0n) is 38.4. The number of unbranched alkanes of at least 4 members (excludes halogenated alkanes) is 15. The van der Waals surface area contributed by atoms with Crippen LogP contribution in [0.4, 0.5) is 0 Å². The Balaban J connectivity index is 4.47. The van der Waals surface area contributed by atoms with Crippen LogP contribution in [0.3, 0.4) is 0 Å². The highest BCUT2D eigenvalue weighted by atomic mass is 31.2. The summed E-state index contributed by atoms with van der Waals surface area (Å²) in [6.45, 7) is 2.69. The average Bonchev–Trinajstić information content (AvgIpc) is 3.25. The third-order valence-electron chi connectivity index (χ3n) is 9.62. The second-order valence-corrected chi connectivity index (χ2v) is 17.0. The van der Waals surface area contributed by atoms with E-state index in [0.29, 0.717) is 19.3 Å². The van der Waals surface area contributed by atoms with Crippen molar-refractivity contribution in [3.63, 3.8) is 0 Å². The van der Waals surface area contributed by atoms with E-state index in [1.807, 2.05) is 12.2 Å². The number of phosphoric acid groups is 1. The van der Waals surface area contributed by atoms with Gasteiger partial charge in [0.1, 0.15) is 12.6 Å². The predicted octanol–water partition coefficient (Wildman–Crippen LogP) is 13.1. The van der Waals surface area contributed by atoms with Crippen LogP contribution in [0, 0.1) is 0 Å². The first kappa shape index (κ1) is 58.7. The van der Waals surface area contributed by atoms with E-state index in [9.17, 15) is 23.8 Å². The molecule has 12 heteroatoms.